The van der Waals surface area contributed by atoms with Gasteiger partial charge in [0.25, 0.3) is 5.56 Å². The average Bonchev–Trinajstić information content (AvgIpc) is 2.59. The third-order valence-corrected chi connectivity index (χ3v) is 3.79. The normalized spacial score (nSPS) is 11.5. The molecule has 7 heteroatoms. The van der Waals surface area contributed by atoms with E-state index in [1.807, 2.05) is 0 Å². The number of pyridine rings is 1. The largest absolute Gasteiger partial charge is 0.465 e. The molecule has 0 radical (unpaired) electrons. The molecule has 1 aromatic heterocycles. The highest BCUT2D eigenvalue weighted by molar-refractivity contribution is 5.95. The van der Waals surface area contributed by atoms with Crippen LogP contribution in [0.3, 0.4) is 0 Å². The number of aromatic amines is 1. The molecule has 2 aromatic carbocycles. The van der Waals surface area contributed by atoms with Crippen LogP contribution in [0.1, 0.15) is 15.9 Å². The summed E-state index contributed by atoms with van der Waals surface area (Å²) < 4.78 is 42.6. The van der Waals surface area contributed by atoms with E-state index in [9.17, 15) is 22.8 Å². The number of nitrogens with one attached hydrogen (secondary N) is 1. The minimum atomic E-state index is -4.43. The van der Waals surface area contributed by atoms with E-state index in [2.05, 4.69) is 9.72 Å². The Hall–Kier alpha value is -3.09. The first-order chi connectivity index (χ1) is 11.8. The van der Waals surface area contributed by atoms with Crippen molar-refractivity contribution in [3.05, 3.63) is 70.0 Å². The molecule has 0 fully saturated rings. The van der Waals surface area contributed by atoms with Crippen LogP contribution < -0.4 is 5.56 Å². The number of carbonyl (C=O) groups excluding carboxylic acids is 1. The maximum Gasteiger partial charge on any atom is 0.416 e. The minimum absolute atomic E-state index is 0.277. The molecule has 0 aliphatic rings. The number of H-pyrrole nitrogens is 1. The number of halogens is 3. The van der Waals surface area contributed by atoms with Crippen molar-refractivity contribution in [1.82, 2.24) is 4.98 Å². The zero-order valence-corrected chi connectivity index (χ0v) is 13.0. The second-order valence-corrected chi connectivity index (χ2v) is 5.38. The first-order valence-electron chi connectivity index (χ1n) is 7.22. The molecule has 0 unspecified atom stereocenters. The van der Waals surface area contributed by atoms with Gasteiger partial charge in [-0.15, -0.1) is 0 Å². The van der Waals surface area contributed by atoms with E-state index < -0.39 is 23.3 Å². The summed E-state index contributed by atoms with van der Waals surface area (Å²) in [5.41, 5.74) is -0.112. The van der Waals surface area contributed by atoms with Gasteiger partial charge in [0, 0.05) is 11.1 Å². The van der Waals surface area contributed by atoms with E-state index in [1.54, 1.807) is 6.07 Å². The molecule has 1 N–H and O–H groups in total. The predicted octanol–water partition coefficient (Wildman–Crippen LogP) is 4.00. The van der Waals surface area contributed by atoms with E-state index in [0.29, 0.717) is 22.0 Å². The van der Waals surface area contributed by atoms with Crippen LogP contribution in [0, 0.1) is 0 Å². The number of hydrogen-bond acceptors (Lipinski definition) is 3. The Morgan fingerprint density at radius 3 is 2.32 bits per heavy atom. The number of aromatic nitrogens is 1. The number of alkyl halides is 3. The van der Waals surface area contributed by atoms with E-state index in [-0.39, 0.29) is 5.56 Å². The first kappa shape index (κ1) is 16.8. The summed E-state index contributed by atoms with van der Waals surface area (Å²) in [6, 6.07) is 10.5. The smallest absolute Gasteiger partial charge is 0.416 e. The van der Waals surface area contributed by atoms with Gasteiger partial charge in [-0.25, -0.2) is 4.79 Å². The first-order valence-corrected chi connectivity index (χ1v) is 7.22. The fraction of sp³-hybridized carbons (Fsp3) is 0.111. The van der Waals surface area contributed by atoms with E-state index in [1.165, 1.54) is 37.4 Å². The van der Waals surface area contributed by atoms with Crippen LogP contribution in [0.15, 0.2) is 53.3 Å². The summed E-state index contributed by atoms with van der Waals surface area (Å²) in [4.78, 5) is 26.4. The lowest BCUT2D eigenvalue weighted by molar-refractivity contribution is -0.137. The fourth-order valence-corrected chi connectivity index (χ4v) is 2.51. The number of fused-ring (bicyclic) bond motifs is 1. The van der Waals surface area contributed by atoms with Crippen molar-refractivity contribution in [2.45, 2.75) is 6.18 Å². The second kappa shape index (κ2) is 6.08. The highest BCUT2D eigenvalue weighted by Crippen LogP contribution is 2.30. The average molecular weight is 347 g/mol. The Morgan fingerprint density at radius 1 is 1.04 bits per heavy atom. The van der Waals surface area contributed by atoms with Gasteiger partial charge in [-0.05, 0) is 47.3 Å². The highest BCUT2D eigenvalue weighted by Gasteiger charge is 2.30. The second-order valence-electron chi connectivity index (χ2n) is 5.38. The molecule has 3 aromatic rings. The quantitative estimate of drug-likeness (QED) is 0.713. The number of rotatable bonds is 2. The lowest BCUT2D eigenvalue weighted by Gasteiger charge is -2.09. The monoisotopic (exact) mass is 347 g/mol. The molecule has 0 aliphatic carbocycles. The molecule has 0 spiro atoms. The van der Waals surface area contributed by atoms with E-state index in [4.69, 9.17) is 0 Å². The summed E-state index contributed by atoms with van der Waals surface area (Å²) >= 11 is 0. The van der Waals surface area contributed by atoms with Gasteiger partial charge in [-0.2, -0.15) is 13.2 Å². The third-order valence-electron chi connectivity index (χ3n) is 3.79. The summed E-state index contributed by atoms with van der Waals surface area (Å²) in [5.74, 6) is -0.543. The molecule has 0 saturated heterocycles. The topological polar surface area (TPSA) is 59.2 Å². The van der Waals surface area contributed by atoms with E-state index in [0.717, 1.165) is 12.1 Å². The zero-order valence-electron chi connectivity index (χ0n) is 13.0. The maximum absolute atomic E-state index is 12.6. The molecule has 0 atom stereocenters. The van der Waals surface area contributed by atoms with Gasteiger partial charge in [0.2, 0.25) is 0 Å². The van der Waals surface area contributed by atoms with Gasteiger partial charge in [0.05, 0.1) is 18.2 Å². The van der Waals surface area contributed by atoms with Gasteiger partial charge in [-0.1, -0.05) is 12.1 Å². The van der Waals surface area contributed by atoms with Gasteiger partial charge in [0.1, 0.15) is 0 Å². The predicted molar refractivity (Wildman–Crippen MR) is 86.3 cm³/mol. The Bertz CT molecular complexity index is 1000. The number of ether oxygens (including phenoxy) is 1. The summed E-state index contributed by atoms with van der Waals surface area (Å²) in [6.45, 7) is 0. The molecular weight excluding hydrogens is 335 g/mol. The number of hydrogen-bond donors (Lipinski definition) is 1. The summed E-state index contributed by atoms with van der Waals surface area (Å²) in [6.07, 6.45) is -4.43. The van der Waals surface area contributed by atoms with Crippen LogP contribution in [-0.2, 0) is 10.9 Å². The van der Waals surface area contributed by atoms with Gasteiger partial charge in [-0.3, -0.25) is 4.79 Å². The fourth-order valence-electron chi connectivity index (χ4n) is 2.51. The van der Waals surface area contributed by atoms with Crippen LogP contribution in [0.25, 0.3) is 22.0 Å². The van der Waals surface area contributed by atoms with Crippen molar-refractivity contribution in [3.63, 3.8) is 0 Å². The molecule has 128 valence electrons. The Kier molecular flexibility index (Phi) is 4.08. The molecular formula is C18H12F3NO3. The minimum Gasteiger partial charge on any atom is -0.465 e. The van der Waals surface area contributed by atoms with Crippen molar-refractivity contribution in [3.8, 4) is 11.3 Å². The van der Waals surface area contributed by atoms with E-state index >= 15 is 0 Å². The molecule has 0 saturated carbocycles. The van der Waals surface area contributed by atoms with Crippen molar-refractivity contribution in [2.24, 2.45) is 0 Å². The molecule has 0 bridgehead atoms. The SMILES string of the molecule is COC(=O)c1ccc2c(=O)[nH]c(-c3ccc(C(F)(F)F)cc3)cc2c1. The summed E-state index contributed by atoms with van der Waals surface area (Å²) in [5, 5.41) is 0.852. The van der Waals surface area contributed by atoms with Crippen LogP contribution in [-0.4, -0.2) is 18.1 Å². The number of methoxy groups -OCH3 is 1. The van der Waals surface area contributed by atoms with Crippen LogP contribution >= 0.6 is 0 Å². The molecule has 0 amide bonds. The Labute approximate surface area is 139 Å². The molecule has 1 heterocycles. The number of esters is 1. The molecule has 0 aliphatic heterocycles. The maximum atomic E-state index is 12.6. The number of benzene rings is 2. The van der Waals surface area contributed by atoms with Crippen molar-refractivity contribution >= 4 is 16.7 Å². The van der Waals surface area contributed by atoms with Crippen molar-refractivity contribution in [1.29, 1.82) is 0 Å². The lowest BCUT2D eigenvalue weighted by atomic mass is 10.0. The van der Waals surface area contributed by atoms with Crippen LogP contribution in [0.5, 0.6) is 0 Å². The molecule has 25 heavy (non-hydrogen) atoms. The van der Waals surface area contributed by atoms with Crippen LogP contribution in [0.4, 0.5) is 13.2 Å². The molecule has 3 rings (SSSR count). The zero-order chi connectivity index (χ0) is 18.2. The molecule has 4 nitrogen and oxygen atoms in total. The third kappa shape index (κ3) is 3.26. The standard InChI is InChI=1S/C18H12F3NO3/c1-25-17(24)11-4-7-14-12(8-11)9-15(22-16(14)23)10-2-5-13(6-3-10)18(19,20)21/h2-9H,1H3,(H,22,23). The Balaban J connectivity index is 2.10. The van der Waals surface area contributed by atoms with Gasteiger partial charge < -0.3 is 9.72 Å². The van der Waals surface area contributed by atoms with Crippen molar-refractivity contribution < 1.29 is 22.7 Å². The van der Waals surface area contributed by atoms with Gasteiger partial charge >= 0.3 is 12.1 Å². The van der Waals surface area contributed by atoms with Crippen LogP contribution in [0.2, 0.25) is 0 Å². The Morgan fingerprint density at radius 2 is 1.72 bits per heavy atom. The van der Waals surface area contributed by atoms with Gasteiger partial charge in [0.15, 0.2) is 0 Å². The summed E-state index contributed by atoms with van der Waals surface area (Å²) in [7, 11) is 1.25. The van der Waals surface area contributed by atoms with Crippen molar-refractivity contribution in [2.75, 3.05) is 7.11 Å². The highest BCUT2D eigenvalue weighted by atomic mass is 19.4. The number of carbonyl (C=O) groups is 1. The lowest BCUT2D eigenvalue weighted by Crippen LogP contribution is -2.09.